The van der Waals surface area contributed by atoms with Crippen molar-refractivity contribution < 1.29 is 60.3 Å². The summed E-state index contributed by atoms with van der Waals surface area (Å²) in [6.07, 6.45) is 59.6. The van der Waals surface area contributed by atoms with Gasteiger partial charge in [0.05, 0.1) is 39.5 Å². The molecule has 2 N–H and O–H groups in total. The van der Waals surface area contributed by atoms with Gasteiger partial charge in [-0.25, -0.2) is 57.1 Å². The van der Waals surface area contributed by atoms with Gasteiger partial charge in [-0.3, -0.25) is 18.7 Å². The molecule has 0 atom stereocenters. The monoisotopic (exact) mass is 2010 g/mol. The van der Waals surface area contributed by atoms with Crippen molar-refractivity contribution in [2.45, 2.75) is 208 Å². The number of fused-ring (bicyclic) bond motifs is 4. The van der Waals surface area contributed by atoms with Gasteiger partial charge in [0.25, 0.3) is 30.1 Å². The standard InChI is InChI=1S/C24H26N4O2S.C24H24N4O2S.C20H27P.C18H22N4.C17H13BrN4O2S.C7H12.Na.H2O/c2*1-27-16-20(15-26-27)23-17-28(31(29,30)21-10-6-3-7-11-21)24-22(23)13-19(14-25-24)12-18-8-4-2-5-9-18;1-19(2,3)21(20(4,5)6)18-15-11-10-14-17(18)16-12-8-7-9-13-16;1-22-12-15(10-21-22)17-11-20-18-16(17)8-14(9-19-18)7-13-5-3-2-4-6-13;1-21-10-12(8-20-21)16-11-22(17-15(16)7-13(18)9-19-17)25(23,24)14-5-3-2-4-6-14;1-7-5-3-2-4-6-7;;/h3,6-7,10-11,13-18H,2,4-5,8-9,12H2,1H3;3,6-7,10-17H,2,4-5,8-9H2,1H3;7-15H,1-6H3;8-13H,2-7H2,1H3,(H,19,20);2-11H,1H3;1-6H2;;1H2/q;;;;;;+1;/p-1. The molecule has 4 saturated carbocycles. The smallest absolute Gasteiger partial charge is 0.870 e. The molecule has 29 heteroatoms. The van der Waals surface area contributed by atoms with Crippen molar-refractivity contribution in [2.75, 3.05) is 0 Å². The zero-order valence-electron chi connectivity index (χ0n) is 81.6. The Hall–Kier alpha value is -11.1. The molecule has 139 heavy (non-hydrogen) atoms. The number of halogens is 1. The second-order valence-corrected chi connectivity index (χ2v) is 48.7. The van der Waals surface area contributed by atoms with Gasteiger partial charge < -0.3 is 10.5 Å². The third kappa shape index (κ3) is 25.1. The van der Waals surface area contributed by atoms with Crippen LogP contribution in [0.3, 0.4) is 0 Å². The molecule has 0 aliphatic heterocycles. The van der Waals surface area contributed by atoms with Crippen molar-refractivity contribution in [2.24, 2.45) is 40.0 Å². The van der Waals surface area contributed by atoms with Crippen molar-refractivity contribution in [1.82, 2.24) is 76.0 Å². The fourth-order valence-corrected chi connectivity index (χ4v) is 28.1. The molecule has 4 fully saturated rings. The summed E-state index contributed by atoms with van der Waals surface area (Å²) in [6.45, 7) is 18.2. The van der Waals surface area contributed by atoms with Gasteiger partial charge in [-0.2, -0.15) is 20.4 Å². The van der Waals surface area contributed by atoms with E-state index in [2.05, 4.69) is 188 Å². The number of pyridine rings is 4. The molecule has 21 rings (SSSR count). The minimum atomic E-state index is -3.77. The zero-order valence-corrected chi connectivity index (χ0v) is 88.5. The van der Waals surface area contributed by atoms with Crippen LogP contribution in [0.25, 0.3) is 106 Å². The molecular weight excluding hydrogens is 1890 g/mol. The fourth-order valence-electron chi connectivity index (χ4n) is 19.6. The number of nitrogens with zero attached hydrogens (tertiary/aromatic N) is 15. The summed E-state index contributed by atoms with van der Waals surface area (Å²) >= 11 is 3.41. The largest absolute Gasteiger partial charge is 1.00 e. The van der Waals surface area contributed by atoms with Crippen LogP contribution in [-0.2, 0) is 71.1 Å². The summed E-state index contributed by atoms with van der Waals surface area (Å²) in [6, 6.07) is 53.4. The van der Waals surface area contributed by atoms with Gasteiger partial charge in [-0.05, 0) is 196 Å². The number of nitrogens with one attached hydrogen (secondary N) is 1. The minimum absolute atomic E-state index is 0. The molecule has 23 nitrogen and oxygen atoms in total. The van der Waals surface area contributed by atoms with Crippen LogP contribution in [0.4, 0.5) is 0 Å². The predicted molar refractivity (Wildman–Crippen MR) is 563 cm³/mol. The number of hydrogen-bond acceptors (Lipinski definition) is 15. The Kier molecular flexibility index (Phi) is 34.4. The van der Waals surface area contributed by atoms with E-state index in [1.165, 1.54) is 184 Å². The number of hydrogen-bond donors (Lipinski definition) is 1. The van der Waals surface area contributed by atoms with E-state index < -0.39 is 30.1 Å². The normalized spacial score (nSPS) is 14.6. The van der Waals surface area contributed by atoms with E-state index in [-0.39, 0.29) is 57.6 Å². The van der Waals surface area contributed by atoms with Gasteiger partial charge in [0.15, 0.2) is 16.9 Å². The molecule has 0 unspecified atom stereocenters. The SMILES string of the molecule is C=C1CCCCC1.CC(C)(C)P(c1ccccc1-c1ccccc1)C(C)(C)C.Cn1cc(-c2c[nH]c3ncc(CC4CCCCC4)cc23)cn1.Cn1cc(-c2cn(S(=O)(=O)c3ccccc3)c3ncc(Br)cc23)cn1.Cn1cc(-c2cn(S(=O)(=O)c3ccccc3)c3ncc(C=C4CCCCC4)cc23)cn1.Cn1cc(-c2cn(S(=O)(=O)c3ccccc3)c3ncc(CC4CCCCC4)cc23)cn1.[Na+].[OH-]. The number of aryl methyl sites for hydroxylation is 4. The summed E-state index contributed by atoms with van der Waals surface area (Å²) in [5.41, 5.74) is 18.7. The maximum absolute atomic E-state index is 13.4. The quantitative estimate of drug-likeness (QED) is 0.0504. The molecule has 4 aliphatic carbocycles. The third-order valence-corrected chi connectivity index (χ3v) is 34.9. The summed E-state index contributed by atoms with van der Waals surface area (Å²) in [4.78, 5) is 22.2. The van der Waals surface area contributed by atoms with Crippen LogP contribution in [0.2, 0.25) is 0 Å². The number of allylic oxidation sites excluding steroid dienone is 2. The summed E-state index contributed by atoms with van der Waals surface area (Å²) < 4.78 is 91.3. The maximum Gasteiger partial charge on any atom is 1.00 e. The van der Waals surface area contributed by atoms with Gasteiger partial charge in [0, 0.05) is 173 Å². The van der Waals surface area contributed by atoms with E-state index >= 15 is 0 Å². The maximum atomic E-state index is 13.4. The molecule has 17 aromatic rings. The predicted octanol–water partition coefficient (Wildman–Crippen LogP) is 22.7. The van der Waals surface area contributed by atoms with Crippen molar-refractivity contribution >= 4 is 109 Å². The first-order valence-corrected chi connectivity index (χ1v) is 54.2. The first kappa shape index (κ1) is 104. The van der Waals surface area contributed by atoms with Gasteiger partial charge in [-0.15, -0.1) is 0 Å². The van der Waals surface area contributed by atoms with E-state index in [1.807, 2.05) is 94.4 Å². The average molecular weight is 2010 g/mol. The minimum Gasteiger partial charge on any atom is -0.870 e. The summed E-state index contributed by atoms with van der Waals surface area (Å²) in [5.74, 6) is 1.53. The van der Waals surface area contributed by atoms with Crippen molar-refractivity contribution in [3.05, 3.63) is 308 Å². The zero-order chi connectivity index (χ0) is 96.2. The van der Waals surface area contributed by atoms with Crippen LogP contribution in [0.15, 0.2) is 306 Å². The number of aromatic amines is 1. The van der Waals surface area contributed by atoms with Gasteiger partial charge in [-0.1, -0.05) is 260 Å². The Morgan fingerprint density at radius 2 is 0.755 bits per heavy atom. The molecule has 0 radical (unpaired) electrons. The molecule has 12 aromatic heterocycles. The second kappa shape index (κ2) is 46.1. The Morgan fingerprint density at radius 1 is 0.396 bits per heavy atom. The Morgan fingerprint density at radius 3 is 1.17 bits per heavy atom. The van der Waals surface area contributed by atoms with E-state index in [4.69, 9.17) is 0 Å². The summed E-state index contributed by atoms with van der Waals surface area (Å²) in [7, 11) is -4.09. The van der Waals surface area contributed by atoms with Crippen LogP contribution in [0.5, 0.6) is 0 Å². The van der Waals surface area contributed by atoms with Crippen LogP contribution in [0.1, 0.15) is 187 Å². The number of rotatable bonds is 17. The first-order chi connectivity index (χ1) is 65.9. The topological polar surface area (TPSA) is 286 Å². The van der Waals surface area contributed by atoms with Crippen LogP contribution < -0.4 is 34.9 Å². The fraction of sp³-hybridized carbons (Fsp3) is 0.327. The number of H-pyrrole nitrogens is 1. The van der Waals surface area contributed by atoms with E-state index in [0.717, 1.165) is 96.0 Å². The Labute approximate surface area is 849 Å². The average Bonchev–Trinajstić information content (AvgIpc) is 1.49. The molecule has 12 heterocycles. The molecule has 0 spiro atoms. The molecule has 4 aliphatic rings. The van der Waals surface area contributed by atoms with Gasteiger partial charge in [0.1, 0.15) is 5.65 Å². The Balaban J connectivity index is 0.000000136. The molecule has 0 bridgehead atoms. The van der Waals surface area contributed by atoms with Gasteiger partial charge in [0.2, 0.25) is 0 Å². The van der Waals surface area contributed by atoms with Crippen molar-refractivity contribution in [3.8, 4) is 55.6 Å². The van der Waals surface area contributed by atoms with E-state index in [0.29, 0.717) is 33.2 Å². The summed E-state index contributed by atoms with van der Waals surface area (Å²) in [5, 5.41) is 22.7. The molecule has 0 saturated heterocycles. The van der Waals surface area contributed by atoms with E-state index in [1.54, 1.807) is 149 Å². The van der Waals surface area contributed by atoms with Crippen molar-refractivity contribution in [1.29, 1.82) is 0 Å². The number of benzene rings is 5. The van der Waals surface area contributed by atoms with Crippen LogP contribution >= 0.6 is 23.9 Å². The van der Waals surface area contributed by atoms with Crippen LogP contribution in [-0.4, -0.2) is 117 Å². The van der Waals surface area contributed by atoms with Crippen LogP contribution in [0, 0.1) is 11.8 Å². The number of aromatic nitrogens is 16. The molecule has 5 aromatic carbocycles. The third-order valence-electron chi connectivity index (χ3n) is 25.9. The van der Waals surface area contributed by atoms with E-state index in [9.17, 15) is 25.3 Å². The van der Waals surface area contributed by atoms with Gasteiger partial charge >= 0.3 is 29.6 Å². The molecule has 718 valence electrons. The second-order valence-electron chi connectivity index (χ2n) is 38.6. The first-order valence-electron chi connectivity index (χ1n) is 47.7. The molecular formula is C110H125BrN16NaO7PS3. The Bertz CT molecular complexity index is 7420. The van der Waals surface area contributed by atoms with Crippen molar-refractivity contribution in [3.63, 3.8) is 0 Å². The molecule has 0 amide bonds.